The van der Waals surface area contributed by atoms with Gasteiger partial charge < -0.3 is 5.53 Å². The lowest BCUT2D eigenvalue weighted by atomic mass is 10.1. The Labute approximate surface area is 135 Å². The summed E-state index contributed by atoms with van der Waals surface area (Å²) in [5.74, 6) is 0.283. The van der Waals surface area contributed by atoms with Crippen molar-refractivity contribution < 1.29 is 18.0 Å². The van der Waals surface area contributed by atoms with E-state index in [0.29, 0.717) is 12.2 Å². The van der Waals surface area contributed by atoms with Gasteiger partial charge in [-0.05, 0) is 37.5 Å². The standard InChI is InChI=1S/C14H19N3O3S2/c1-11-3-5-14(6-4-11)22(19,20)17-12(7-8-21-2)9-13(18)10-16-15/h3-6,10,12,17H,7-9H2,1-2H3/t12-/m0/s1. The fourth-order valence-electron chi connectivity index (χ4n) is 1.83. The highest BCUT2D eigenvalue weighted by Crippen LogP contribution is 2.13. The number of thioether (sulfide) groups is 1. The van der Waals surface area contributed by atoms with Crippen LogP contribution in [0.1, 0.15) is 18.4 Å². The number of benzene rings is 1. The van der Waals surface area contributed by atoms with Gasteiger partial charge in [0.15, 0.2) is 0 Å². The molecule has 1 N–H and O–H groups in total. The summed E-state index contributed by atoms with van der Waals surface area (Å²) in [6.45, 7) is 1.87. The Kier molecular flexibility index (Phi) is 7.47. The number of hydrogen-bond donors (Lipinski definition) is 1. The summed E-state index contributed by atoms with van der Waals surface area (Å²) in [6.07, 6.45) is 3.15. The van der Waals surface area contributed by atoms with Crippen LogP contribution in [0.2, 0.25) is 0 Å². The average molecular weight is 341 g/mol. The Morgan fingerprint density at radius 1 is 1.41 bits per heavy atom. The molecule has 0 aromatic heterocycles. The third kappa shape index (κ3) is 6.11. The van der Waals surface area contributed by atoms with Crippen LogP contribution < -0.4 is 4.72 Å². The van der Waals surface area contributed by atoms with E-state index in [0.717, 1.165) is 11.8 Å². The van der Waals surface area contributed by atoms with Crippen LogP contribution in [0.5, 0.6) is 0 Å². The molecule has 0 saturated carbocycles. The Balaban J connectivity index is 2.88. The summed E-state index contributed by atoms with van der Waals surface area (Å²) in [7, 11) is -3.69. The number of ketones is 1. The molecule has 0 fully saturated rings. The van der Waals surface area contributed by atoms with E-state index < -0.39 is 21.8 Å². The first-order chi connectivity index (χ1) is 10.4. The molecule has 0 amide bonds. The molecule has 0 radical (unpaired) electrons. The summed E-state index contributed by atoms with van der Waals surface area (Å²) in [4.78, 5) is 14.4. The third-order valence-electron chi connectivity index (χ3n) is 2.97. The summed E-state index contributed by atoms with van der Waals surface area (Å²) < 4.78 is 27.2. The average Bonchev–Trinajstić information content (AvgIpc) is 2.45. The zero-order valence-electron chi connectivity index (χ0n) is 12.5. The monoisotopic (exact) mass is 341 g/mol. The van der Waals surface area contributed by atoms with Crippen LogP contribution in [0.15, 0.2) is 29.2 Å². The fraction of sp³-hybridized carbons (Fsp3) is 0.429. The van der Waals surface area contributed by atoms with Gasteiger partial charge in [0.05, 0.1) is 4.90 Å². The van der Waals surface area contributed by atoms with Crippen LogP contribution in [0.4, 0.5) is 0 Å². The number of Topliss-reactive ketones (excluding diaryl/α,β-unsaturated/α-hetero) is 1. The number of nitrogens with zero attached hydrogens (tertiary/aromatic N) is 2. The van der Waals surface area contributed by atoms with Crippen molar-refractivity contribution in [3.63, 3.8) is 0 Å². The molecule has 1 aromatic carbocycles. The maximum absolute atomic E-state index is 12.3. The van der Waals surface area contributed by atoms with Gasteiger partial charge in [-0.2, -0.15) is 16.6 Å². The maximum Gasteiger partial charge on any atom is 0.323 e. The maximum atomic E-state index is 12.3. The SMILES string of the molecule is CSCC[C@@H](CC(=O)C=[N+]=[N-])NS(=O)(=O)c1ccc(C)cc1. The highest BCUT2D eigenvalue weighted by molar-refractivity contribution is 7.98. The van der Waals surface area contributed by atoms with E-state index in [1.807, 2.05) is 13.2 Å². The summed E-state index contributed by atoms with van der Waals surface area (Å²) in [5, 5.41) is 0. The highest BCUT2D eigenvalue weighted by atomic mass is 32.2. The third-order valence-corrected chi connectivity index (χ3v) is 5.15. The highest BCUT2D eigenvalue weighted by Gasteiger charge is 2.22. The van der Waals surface area contributed by atoms with Gasteiger partial charge in [0.2, 0.25) is 15.8 Å². The molecule has 1 aromatic rings. The van der Waals surface area contributed by atoms with Crippen LogP contribution in [0, 0.1) is 6.92 Å². The lowest BCUT2D eigenvalue weighted by Crippen LogP contribution is -2.37. The van der Waals surface area contributed by atoms with Crippen molar-refractivity contribution in [2.45, 2.75) is 30.7 Å². The lowest BCUT2D eigenvalue weighted by molar-refractivity contribution is -0.116. The first-order valence-electron chi connectivity index (χ1n) is 6.67. The number of carbonyl (C=O) groups excluding carboxylic acids is 1. The van der Waals surface area contributed by atoms with Crippen LogP contribution >= 0.6 is 11.8 Å². The molecule has 120 valence electrons. The van der Waals surface area contributed by atoms with E-state index in [2.05, 4.69) is 9.51 Å². The van der Waals surface area contributed by atoms with E-state index in [1.165, 1.54) is 12.1 Å². The van der Waals surface area contributed by atoms with Crippen molar-refractivity contribution in [2.24, 2.45) is 0 Å². The molecule has 0 aliphatic heterocycles. The topological polar surface area (TPSA) is 99.6 Å². The van der Waals surface area contributed by atoms with E-state index in [9.17, 15) is 13.2 Å². The second-order valence-electron chi connectivity index (χ2n) is 4.83. The van der Waals surface area contributed by atoms with Crippen LogP contribution in [-0.4, -0.2) is 43.3 Å². The second-order valence-corrected chi connectivity index (χ2v) is 7.53. The zero-order chi connectivity index (χ0) is 16.6. The van der Waals surface area contributed by atoms with Crippen molar-refractivity contribution in [3.05, 3.63) is 35.4 Å². The summed E-state index contributed by atoms with van der Waals surface area (Å²) >= 11 is 1.57. The minimum atomic E-state index is -3.69. The number of sulfonamides is 1. The number of carbonyl (C=O) groups is 1. The molecule has 0 saturated heterocycles. The molecular formula is C14H19N3O3S2. The van der Waals surface area contributed by atoms with Crippen LogP contribution in [0.3, 0.4) is 0 Å². The molecule has 1 atom stereocenters. The number of hydrogen-bond acceptors (Lipinski definition) is 4. The van der Waals surface area contributed by atoms with Gasteiger partial charge in [0.1, 0.15) is 0 Å². The molecule has 0 aliphatic rings. The van der Waals surface area contributed by atoms with E-state index >= 15 is 0 Å². The van der Waals surface area contributed by atoms with Crippen molar-refractivity contribution in [2.75, 3.05) is 12.0 Å². The molecule has 1 rings (SSSR count). The smallest absolute Gasteiger partial charge is 0.323 e. The number of rotatable bonds is 9. The van der Waals surface area contributed by atoms with E-state index in [4.69, 9.17) is 5.53 Å². The molecular weight excluding hydrogens is 322 g/mol. The van der Waals surface area contributed by atoms with Crippen molar-refractivity contribution >= 4 is 33.8 Å². The second kappa shape index (κ2) is 8.85. The summed E-state index contributed by atoms with van der Waals surface area (Å²) in [5.41, 5.74) is 9.33. The van der Waals surface area contributed by atoms with Crippen LogP contribution in [-0.2, 0) is 14.8 Å². The zero-order valence-corrected chi connectivity index (χ0v) is 14.2. The Hall–Kier alpha value is -1.47. The molecule has 8 heteroatoms. The van der Waals surface area contributed by atoms with Gasteiger partial charge >= 0.3 is 6.21 Å². The summed E-state index contributed by atoms with van der Waals surface area (Å²) in [6, 6.07) is 5.95. The molecule has 0 bridgehead atoms. The molecule has 0 spiro atoms. The Morgan fingerprint density at radius 2 is 2.05 bits per heavy atom. The number of nitrogens with one attached hydrogen (secondary N) is 1. The normalized spacial score (nSPS) is 12.5. The minimum Gasteiger partial charge on any atom is -0.361 e. The van der Waals surface area contributed by atoms with Gasteiger partial charge in [-0.15, -0.1) is 0 Å². The van der Waals surface area contributed by atoms with Gasteiger partial charge in [-0.25, -0.2) is 13.1 Å². The van der Waals surface area contributed by atoms with Crippen molar-refractivity contribution in [3.8, 4) is 0 Å². The minimum absolute atomic E-state index is 0.0459. The Bertz CT molecular complexity index is 650. The molecule has 6 nitrogen and oxygen atoms in total. The van der Waals surface area contributed by atoms with E-state index in [-0.39, 0.29) is 11.3 Å². The quantitative estimate of drug-likeness (QED) is 0.419. The first-order valence-corrected chi connectivity index (χ1v) is 9.55. The molecule has 0 unspecified atom stereocenters. The van der Waals surface area contributed by atoms with Crippen LogP contribution in [0.25, 0.3) is 5.53 Å². The number of aryl methyl sites for hydroxylation is 1. The largest absolute Gasteiger partial charge is 0.361 e. The van der Waals surface area contributed by atoms with E-state index in [1.54, 1.807) is 23.9 Å². The fourth-order valence-corrected chi connectivity index (χ4v) is 3.62. The van der Waals surface area contributed by atoms with Gasteiger partial charge in [-0.3, -0.25) is 4.79 Å². The molecule has 0 heterocycles. The molecule has 22 heavy (non-hydrogen) atoms. The Morgan fingerprint density at radius 3 is 2.59 bits per heavy atom. The first kappa shape index (κ1) is 18.6. The van der Waals surface area contributed by atoms with Gasteiger partial charge in [0.25, 0.3) is 0 Å². The van der Waals surface area contributed by atoms with Crippen molar-refractivity contribution in [1.29, 1.82) is 0 Å². The lowest BCUT2D eigenvalue weighted by Gasteiger charge is -2.16. The molecule has 0 aliphatic carbocycles. The van der Waals surface area contributed by atoms with Gasteiger partial charge in [-0.1, -0.05) is 17.7 Å². The predicted molar refractivity (Wildman–Crippen MR) is 87.6 cm³/mol. The van der Waals surface area contributed by atoms with Crippen molar-refractivity contribution in [1.82, 2.24) is 4.72 Å². The van der Waals surface area contributed by atoms with Gasteiger partial charge in [0, 0.05) is 12.5 Å². The predicted octanol–water partition coefficient (Wildman–Crippen LogP) is 1.65.